The van der Waals surface area contributed by atoms with Crippen LogP contribution in [0, 0.1) is 0 Å². The van der Waals surface area contributed by atoms with Crippen LogP contribution >= 0.6 is 0 Å². The van der Waals surface area contributed by atoms with Crippen LogP contribution in [0.3, 0.4) is 0 Å². The fourth-order valence-electron chi connectivity index (χ4n) is 3.20. The highest BCUT2D eigenvalue weighted by atomic mass is 15.0. The lowest BCUT2D eigenvalue weighted by Gasteiger charge is -2.32. The van der Waals surface area contributed by atoms with Crippen LogP contribution in [0.1, 0.15) is 61.5 Å². The zero-order chi connectivity index (χ0) is 13.9. The van der Waals surface area contributed by atoms with Crippen LogP contribution in [-0.2, 0) is 0 Å². The fraction of sp³-hybridized carbons (Fsp3) is 0.389. The third-order valence-corrected chi connectivity index (χ3v) is 4.37. The molecule has 2 nitrogen and oxygen atoms in total. The molecule has 20 heavy (non-hydrogen) atoms. The first-order chi connectivity index (χ1) is 9.75. The molecule has 104 valence electrons. The molecule has 0 radical (unpaired) electrons. The lowest BCUT2D eigenvalue weighted by atomic mass is 9.81. The smallest absolute Gasteiger partial charge is 0.0570 e. The Bertz CT molecular complexity index is 565. The highest BCUT2D eigenvalue weighted by molar-refractivity contribution is 5.35. The molecule has 0 fully saturated rings. The van der Waals surface area contributed by atoms with E-state index in [1.165, 1.54) is 24.0 Å². The largest absolute Gasteiger partial charge is 0.302 e. The van der Waals surface area contributed by atoms with Gasteiger partial charge in [-0.05, 0) is 48.9 Å². The Hall–Kier alpha value is -1.67. The average molecular weight is 266 g/mol. The van der Waals surface area contributed by atoms with Gasteiger partial charge in [0.2, 0.25) is 0 Å². The summed E-state index contributed by atoms with van der Waals surface area (Å²) in [7, 11) is 0. The molecule has 0 aliphatic heterocycles. The second-order valence-electron chi connectivity index (χ2n) is 5.80. The van der Waals surface area contributed by atoms with Gasteiger partial charge < -0.3 is 5.32 Å². The number of hydrogen-bond donors (Lipinski definition) is 1. The molecule has 2 heteroatoms. The molecule has 1 N–H and O–H groups in total. The van der Waals surface area contributed by atoms with Crippen molar-refractivity contribution in [3.8, 4) is 0 Å². The minimum atomic E-state index is 0.280. The predicted octanol–water partition coefficient (Wildman–Crippen LogP) is 4.37. The number of pyridine rings is 1. The number of nitrogens with one attached hydrogen (secondary N) is 1. The van der Waals surface area contributed by atoms with Gasteiger partial charge in [-0.3, -0.25) is 4.98 Å². The quantitative estimate of drug-likeness (QED) is 0.892. The predicted molar refractivity (Wildman–Crippen MR) is 82.6 cm³/mol. The Kier molecular flexibility index (Phi) is 3.83. The molecule has 3 unspecified atom stereocenters. The van der Waals surface area contributed by atoms with Gasteiger partial charge in [0.25, 0.3) is 0 Å². The molecule has 1 heterocycles. The minimum absolute atomic E-state index is 0.280. The van der Waals surface area contributed by atoms with Crippen LogP contribution in [0.2, 0.25) is 0 Å². The average Bonchev–Trinajstić information content (AvgIpc) is 2.51. The summed E-state index contributed by atoms with van der Waals surface area (Å²) in [6.45, 7) is 4.53. The first kappa shape index (κ1) is 13.3. The molecular weight excluding hydrogens is 244 g/mol. The second-order valence-corrected chi connectivity index (χ2v) is 5.80. The minimum Gasteiger partial charge on any atom is -0.302 e. The normalized spacial score (nSPS) is 23.1. The van der Waals surface area contributed by atoms with Crippen LogP contribution in [0.15, 0.2) is 48.7 Å². The first-order valence-electron chi connectivity index (χ1n) is 7.51. The summed E-state index contributed by atoms with van der Waals surface area (Å²) in [5, 5.41) is 3.75. The molecule has 2 aromatic rings. The highest BCUT2D eigenvalue weighted by Gasteiger charge is 2.25. The molecule has 0 saturated heterocycles. The van der Waals surface area contributed by atoms with Gasteiger partial charge in [-0.1, -0.05) is 37.3 Å². The standard InChI is InChI=1S/C18H22N2/c1-13-10-11-18(16-8-4-3-7-15(13)16)20-14(2)17-9-5-6-12-19-17/h3-9,12-14,18,20H,10-11H2,1-2H3. The van der Waals surface area contributed by atoms with E-state index in [4.69, 9.17) is 0 Å². The van der Waals surface area contributed by atoms with Crippen molar-refractivity contribution in [3.63, 3.8) is 0 Å². The summed E-state index contributed by atoms with van der Waals surface area (Å²) in [5.41, 5.74) is 4.09. The monoisotopic (exact) mass is 266 g/mol. The van der Waals surface area contributed by atoms with E-state index in [-0.39, 0.29) is 6.04 Å². The zero-order valence-electron chi connectivity index (χ0n) is 12.2. The van der Waals surface area contributed by atoms with Gasteiger partial charge >= 0.3 is 0 Å². The van der Waals surface area contributed by atoms with Crippen molar-refractivity contribution in [2.24, 2.45) is 0 Å². The Morgan fingerprint density at radius 3 is 2.55 bits per heavy atom. The van der Waals surface area contributed by atoms with Crippen molar-refractivity contribution in [3.05, 3.63) is 65.5 Å². The Balaban J connectivity index is 1.81. The van der Waals surface area contributed by atoms with Crippen molar-refractivity contribution in [1.29, 1.82) is 0 Å². The molecule has 1 aliphatic carbocycles. The third-order valence-electron chi connectivity index (χ3n) is 4.37. The molecule has 1 aromatic heterocycles. The highest BCUT2D eigenvalue weighted by Crippen LogP contribution is 2.37. The van der Waals surface area contributed by atoms with E-state index in [2.05, 4.69) is 60.5 Å². The second kappa shape index (κ2) is 5.76. The SMILES string of the molecule is CC1CCC(NC(C)c2ccccn2)c2ccccc21. The van der Waals surface area contributed by atoms with Crippen LogP contribution < -0.4 is 5.32 Å². The van der Waals surface area contributed by atoms with E-state index < -0.39 is 0 Å². The summed E-state index contributed by atoms with van der Waals surface area (Å²) < 4.78 is 0. The number of aromatic nitrogens is 1. The summed E-state index contributed by atoms with van der Waals surface area (Å²) in [5.74, 6) is 0.675. The number of fused-ring (bicyclic) bond motifs is 1. The van der Waals surface area contributed by atoms with Gasteiger partial charge in [-0.25, -0.2) is 0 Å². The lowest BCUT2D eigenvalue weighted by Crippen LogP contribution is -2.29. The van der Waals surface area contributed by atoms with Gasteiger partial charge in [0.05, 0.1) is 5.69 Å². The van der Waals surface area contributed by atoms with Gasteiger partial charge in [-0.15, -0.1) is 0 Å². The zero-order valence-corrected chi connectivity index (χ0v) is 12.2. The summed E-state index contributed by atoms with van der Waals surface area (Å²) in [6, 6.07) is 15.7. The van der Waals surface area contributed by atoms with Crippen molar-refractivity contribution >= 4 is 0 Å². The molecule has 0 bridgehead atoms. The maximum atomic E-state index is 4.45. The molecule has 1 aliphatic rings. The lowest BCUT2D eigenvalue weighted by molar-refractivity contribution is 0.392. The van der Waals surface area contributed by atoms with Crippen LogP contribution in [0.5, 0.6) is 0 Å². The molecular formula is C18H22N2. The summed E-state index contributed by atoms with van der Waals surface area (Å²) in [6.07, 6.45) is 4.32. The van der Waals surface area contributed by atoms with E-state index in [1.54, 1.807) is 0 Å². The van der Waals surface area contributed by atoms with Crippen molar-refractivity contribution in [2.75, 3.05) is 0 Å². The third kappa shape index (κ3) is 2.61. The molecule has 0 amide bonds. The fourth-order valence-corrected chi connectivity index (χ4v) is 3.20. The number of benzene rings is 1. The van der Waals surface area contributed by atoms with Crippen molar-refractivity contribution in [1.82, 2.24) is 10.3 Å². The number of rotatable bonds is 3. The summed E-state index contributed by atoms with van der Waals surface area (Å²) >= 11 is 0. The van der Waals surface area contributed by atoms with Crippen LogP contribution in [-0.4, -0.2) is 4.98 Å². The van der Waals surface area contributed by atoms with Crippen molar-refractivity contribution < 1.29 is 0 Å². The van der Waals surface area contributed by atoms with Crippen LogP contribution in [0.25, 0.3) is 0 Å². The van der Waals surface area contributed by atoms with E-state index in [1.807, 2.05) is 12.3 Å². The van der Waals surface area contributed by atoms with E-state index in [0.717, 1.165) is 5.69 Å². The van der Waals surface area contributed by atoms with Gasteiger partial charge in [0, 0.05) is 18.3 Å². The topological polar surface area (TPSA) is 24.9 Å². The van der Waals surface area contributed by atoms with Gasteiger partial charge in [-0.2, -0.15) is 0 Å². The van der Waals surface area contributed by atoms with Gasteiger partial charge in [0.1, 0.15) is 0 Å². The summed E-state index contributed by atoms with van der Waals surface area (Å²) in [4.78, 5) is 4.45. The molecule has 1 aromatic carbocycles. The number of nitrogens with zero attached hydrogens (tertiary/aromatic N) is 1. The maximum Gasteiger partial charge on any atom is 0.0570 e. The number of hydrogen-bond acceptors (Lipinski definition) is 2. The maximum absolute atomic E-state index is 4.45. The van der Waals surface area contributed by atoms with Crippen LogP contribution in [0.4, 0.5) is 0 Å². The molecule has 3 atom stereocenters. The molecule has 0 saturated carbocycles. The van der Waals surface area contributed by atoms with E-state index in [0.29, 0.717) is 12.0 Å². The van der Waals surface area contributed by atoms with E-state index in [9.17, 15) is 0 Å². The Labute approximate surface area is 121 Å². The molecule has 0 spiro atoms. The van der Waals surface area contributed by atoms with Crippen molar-refractivity contribution in [2.45, 2.75) is 44.7 Å². The Morgan fingerprint density at radius 1 is 1.05 bits per heavy atom. The van der Waals surface area contributed by atoms with E-state index >= 15 is 0 Å². The van der Waals surface area contributed by atoms with Gasteiger partial charge in [0.15, 0.2) is 0 Å². The Morgan fingerprint density at radius 2 is 1.80 bits per heavy atom. The molecule has 3 rings (SSSR count). The first-order valence-corrected chi connectivity index (χ1v) is 7.51.